The lowest BCUT2D eigenvalue weighted by Crippen LogP contribution is -2.56. The zero-order valence-electron chi connectivity index (χ0n) is 18.7. The minimum Gasteiger partial charge on any atom is -0.480 e. The second-order valence-corrected chi connectivity index (χ2v) is 8.32. The van der Waals surface area contributed by atoms with Crippen LogP contribution < -0.4 is 10.6 Å². The largest absolute Gasteiger partial charge is 0.480 e. The van der Waals surface area contributed by atoms with Gasteiger partial charge in [-0.1, -0.05) is 48.5 Å². The highest BCUT2D eigenvalue weighted by molar-refractivity contribution is 6.05. The van der Waals surface area contributed by atoms with E-state index in [2.05, 4.69) is 10.6 Å². The van der Waals surface area contributed by atoms with E-state index in [4.69, 9.17) is 9.47 Å². The van der Waals surface area contributed by atoms with E-state index in [0.29, 0.717) is 12.8 Å². The normalized spacial score (nSPS) is 15.9. The van der Waals surface area contributed by atoms with Crippen molar-refractivity contribution in [1.82, 2.24) is 10.6 Å². The fraction of sp³-hybridized carbons (Fsp3) is 0.360. The fourth-order valence-corrected chi connectivity index (χ4v) is 4.26. The van der Waals surface area contributed by atoms with E-state index in [1.165, 1.54) is 0 Å². The lowest BCUT2D eigenvalue weighted by Gasteiger charge is -2.20. The number of carboxylic acids is 1. The van der Waals surface area contributed by atoms with Crippen molar-refractivity contribution in [2.24, 2.45) is 5.92 Å². The molecule has 0 aromatic heterocycles. The van der Waals surface area contributed by atoms with Gasteiger partial charge in [0, 0.05) is 5.92 Å². The van der Waals surface area contributed by atoms with Gasteiger partial charge >= 0.3 is 18.0 Å². The van der Waals surface area contributed by atoms with Crippen LogP contribution in [-0.4, -0.2) is 54.3 Å². The molecule has 2 unspecified atom stereocenters. The van der Waals surface area contributed by atoms with E-state index < -0.39 is 36.0 Å². The number of esters is 1. The van der Waals surface area contributed by atoms with Crippen LogP contribution in [-0.2, 0) is 23.9 Å². The van der Waals surface area contributed by atoms with Gasteiger partial charge in [0.2, 0.25) is 6.04 Å². The van der Waals surface area contributed by atoms with Gasteiger partial charge in [0.15, 0.2) is 0 Å². The number of fused-ring (bicyclic) bond motifs is 3. The molecule has 2 aromatic carbocycles. The smallest absolute Gasteiger partial charge is 0.408 e. The topological polar surface area (TPSA) is 131 Å². The first kappa shape index (κ1) is 23.3. The molecule has 2 atom stereocenters. The molecule has 2 aliphatic rings. The molecule has 0 radical (unpaired) electrons. The van der Waals surface area contributed by atoms with E-state index in [9.17, 15) is 24.3 Å². The average molecular weight is 466 g/mol. The molecular weight excluding hydrogens is 440 g/mol. The number of hydrogen-bond donors (Lipinski definition) is 3. The molecule has 34 heavy (non-hydrogen) atoms. The first-order chi connectivity index (χ1) is 16.4. The van der Waals surface area contributed by atoms with Crippen LogP contribution in [0.4, 0.5) is 4.79 Å². The molecule has 178 valence electrons. The molecule has 9 heteroatoms. The molecule has 0 aliphatic heterocycles. The van der Waals surface area contributed by atoms with Crippen molar-refractivity contribution in [2.45, 2.75) is 37.8 Å². The minimum absolute atomic E-state index is 0.00313. The number of alkyl carbamates (subject to hydrolysis) is 1. The number of benzene rings is 2. The number of ether oxygens (including phenoxy) is 2. The third-order valence-corrected chi connectivity index (χ3v) is 6.05. The minimum atomic E-state index is -1.73. The van der Waals surface area contributed by atoms with Crippen molar-refractivity contribution in [3.63, 3.8) is 0 Å². The van der Waals surface area contributed by atoms with Crippen LogP contribution in [0.15, 0.2) is 48.5 Å². The lowest BCUT2D eigenvalue weighted by atomic mass is 9.98. The zero-order chi connectivity index (χ0) is 24.2. The summed E-state index contributed by atoms with van der Waals surface area (Å²) in [6.07, 6.45) is 0.357. The number of hydrogen-bond acceptors (Lipinski definition) is 6. The average Bonchev–Trinajstić information content (AvgIpc) is 3.62. The number of aliphatic carboxylic acids is 1. The third-order valence-electron chi connectivity index (χ3n) is 6.05. The van der Waals surface area contributed by atoms with Crippen molar-refractivity contribution in [3.8, 4) is 11.1 Å². The highest BCUT2D eigenvalue weighted by Gasteiger charge is 2.40. The quantitative estimate of drug-likeness (QED) is 0.382. The second-order valence-electron chi connectivity index (χ2n) is 8.32. The summed E-state index contributed by atoms with van der Waals surface area (Å²) in [5, 5.41) is 13.9. The van der Waals surface area contributed by atoms with Crippen LogP contribution >= 0.6 is 0 Å². The molecule has 2 aromatic rings. The molecular formula is C25H26N2O7. The summed E-state index contributed by atoms with van der Waals surface area (Å²) in [7, 11) is 0. The van der Waals surface area contributed by atoms with Crippen molar-refractivity contribution in [2.75, 3.05) is 13.2 Å². The van der Waals surface area contributed by atoms with E-state index >= 15 is 0 Å². The molecule has 1 saturated carbocycles. The number of nitrogens with one attached hydrogen (secondary N) is 2. The molecule has 0 saturated heterocycles. The zero-order valence-corrected chi connectivity index (χ0v) is 18.7. The number of carbonyl (C=O) groups is 4. The van der Waals surface area contributed by atoms with Crippen LogP contribution in [0.25, 0.3) is 11.1 Å². The Hall–Kier alpha value is -3.88. The van der Waals surface area contributed by atoms with Gasteiger partial charge in [0.05, 0.1) is 6.61 Å². The Morgan fingerprint density at radius 3 is 2.06 bits per heavy atom. The number of rotatable bonds is 9. The van der Waals surface area contributed by atoms with Crippen molar-refractivity contribution in [3.05, 3.63) is 59.7 Å². The predicted molar refractivity (Wildman–Crippen MR) is 121 cm³/mol. The Bertz CT molecular complexity index is 1070. The summed E-state index contributed by atoms with van der Waals surface area (Å²) < 4.78 is 10.3. The number of carbonyl (C=O) groups excluding carboxylic acids is 3. The van der Waals surface area contributed by atoms with Crippen LogP contribution in [0.5, 0.6) is 0 Å². The maximum atomic E-state index is 12.7. The fourth-order valence-electron chi connectivity index (χ4n) is 4.26. The maximum absolute atomic E-state index is 12.7. The predicted octanol–water partition coefficient (Wildman–Crippen LogP) is 2.44. The van der Waals surface area contributed by atoms with Gasteiger partial charge in [0.1, 0.15) is 12.6 Å². The Kier molecular flexibility index (Phi) is 6.81. The Morgan fingerprint density at radius 2 is 1.53 bits per heavy atom. The molecule has 9 nitrogen and oxygen atoms in total. The van der Waals surface area contributed by atoms with Gasteiger partial charge in [0.25, 0.3) is 5.91 Å². The van der Waals surface area contributed by atoms with E-state index in [-0.39, 0.29) is 25.0 Å². The Morgan fingerprint density at radius 1 is 0.941 bits per heavy atom. The SMILES string of the molecule is CCOC(=O)C(NC(=O)OCC1c2ccccc2-c2ccccc21)C(=O)NC(C(=O)O)C1CC1. The Balaban J connectivity index is 1.43. The summed E-state index contributed by atoms with van der Waals surface area (Å²) in [6.45, 7) is 1.54. The number of amides is 2. The summed E-state index contributed by atoms with van der Waals surface area (Å²) in [5.41, 5.74) is 4.17. The highest BCUT2D eigenvalue weighted by Crippen LogP contribution is 2.44. The first-order valence-electron chi connectivity index (χ1n) is 11.2. The Labute approximate surface area is 196 Å². The van der Waals surface area contributed by atoms with Gasteiger partial charge in [-0.15, -0.1) is 0 Å². The van der Waals surface area contributed by atoms with Crippen LogP contribution in [0.2, 0.25) is 0 Å². The molecule has 0 heterocycles. The number of carboxylic acid groups (broad SMARTS) is 1. The van der Waals surface area contributed by atoms with Crippen molar-refractivity contribution in [1.29, 1.82) is 0 Å². The summed E-state index contributed by atoms with van der Waals surface area (Å²) >= 11 is 0. The van der Waals surface area contributed by atoms with Gasteiger partial charge < -0.3 is 19.9 Å². The molecule has 4 rings (SSSR count). The van der Waals surface area contributed by atoms with Crippen molar-refractivity contribution < 1.29 is 33.8 Å². The highest BCUT2D eigenvalue weighted by atomic mass is 16.6. The molecule has 0 bridgehead atoms. The first-order valence-corrected chi connectivity index (χ1v) is 11.2. The van der Waals surface area contributed by atoms with E-state index in [1.807, 2.05) is 48.5 Å². The summed E-state index contributed by atoms with van der Waals surface area (Å²) in [6, 6.07) is 12.8. The molecule has 2 aliphatic carbocycles. The molecule has 3 N–H and O–H groups in total. The van der Waals surface area contributed by atoms with Crippen LogP contribution in [0.1, 0.15) is 36.8 Å². The van der Waals surface area contributed by atoms with Gasteiger partial charge in [-0.2, -0.15) is 0 Å². The molecule has 1 fully saturated rings. The van der Waals surface area contributed by atoms with Crippen LogP contribution in [0, 0.1) is 5.92 Å². The molecule has 2 amide bonds. The maximum Gasteiger partial charge on any atom is 0.408 e. The van der Waals surface area contributed by atoms with Gasteiger partial charge in [-0.05, 0) is 47.9 Å². The van der Waals surface area contributed by atoms with Crippen molar-refractivity contribution >= 4 is 23.9 Å². The van der Waals surface area contributed by atoms with Gasteiger partial charge in [-0.3, -0.25) is 10.1 Å². The third kappa shape index (κ3) is 4.88. The second kappa shape index (κ2) is 9.94. The molecule has 0 spiro atoms. The van der Waals surface area contributed by atoms with Gasteiger partial charge in [-0.25, -0.2) is 14.4 Å². The van der Waals surface area contributed by atoms with E-state index in [0.717, 1.165) is 22.3 Å². The summed E-state index contributed by atoms with van der Waals surface area (Å²) in [4.78, 5) is 49.1. The summed E-state index contributed by atoms with van der Waals surface area (Å²) in [5.74, 6) is -3.53. The lowest BCUT2D eigenvalue weighted by molar-refractivity contribution is -0.151. The van der Waals surface area contributed by atoms with Crippen LogP contribution in [0.3, 0.4) is 0 Å². The monoisotopic (exact) mass is 466 g/mol. The standard InChI is InChI=1S/C25H26N2O7/c1-2-33-24(31)21(22(28)26-20(23(29)30)14-11-12-14)27-25(32)34-13-19-17-9-5-3-7-15(17)16-8-4-6-10-18(16)19/h3-10,14,19-21H,2,11-13H2,1H3,(H,26,28)(H,27,32)(H,29,30). The van der Waals surface area contributed by atoms with E-state index in [1.54, 1.807) is 6.92 Å².